The number of imide groups is 1. The molecule has 1 fully saturated rings. The Morgan fingerprint density at radius 2 is 2.17 bits per heavy atom. The number of sulfonamides is 1. The van der Waals surface area contributed by atoms with Crippen LogP contribution in [0.5, 0.6) is 0 Å². The molecular formula is C9H11N3O4S2. The summed E-state index contributed by atoms with van der Waals surface area (Å²) in [5.41, 5.74) is 5.81. The second-order valence-corrected chi connectivity index (χ2v) is 6.87. The number of amides is 2. The van der Waals surface area contributed by atoms with Gasteiger partial charge in [-0.3, -0.25) is 14.9 Å². The summed E-state index contributed by atoms with van der Waals surface area (Å²) in [4.78, 5) is 22.7. The van der Waals surface area contributed by atoms with E-state index in [-0.39, 0.29) is 10.8 Å². The van der Waals surface area contributed by atoms with Crippen molar-refractivity contribution in [3.8, 4) is 0 Å². The van der Waals surface area contributed by atoms with Crippen molar-refractivity contribution in [2.75, 3.05) is 12.3 Å². The summed E-state index contributed by atoms with van der Waals surface area (Å²) in [7, 11) is -3.87. The molecule has 1 saturated heterocycles. The Bertz CT molecular complexity index is 607. The second-order valence-electron chi connectivity index (χ2n) is 3.84. The zero-order valence-corrected chi connectivity index (χ0v) is 11.0. The fourth-order valence-electron chi connectivity index (χ4n) is 1.56. The second kappa shape index (κ2) is 4.34. The van der Waals surface area contributed by atoms with Crippen LogP contribution in [-0.2, 0) is 19.6 Å². The fourth-order valence-corrected chi connectivity index (χ4v) is 4.32. The van der Waals surface area contributed by atoms with Gasteiger partial charge in [-0.2, -0.15) is 4.31 Å². The average molecular weight is 289 g/mol. The Morgan fingerprint density at radius 1 is 1.50 bits per heavy atom. The topological polar surface area (TPSA) is 110 Å². The predicted octanol–water partition coefficient (Wildman–Crippen LogP) is -0.634. The number of hydrogen-bond acceptors (Lipinski definition) is 6. The number of nitrogens with one attached hydrogen (secondary N) is 1. The molecule has 2 rings (SSSR count). The molecule has 0 saturated carbocycles. The van der Waals surface area contributed by atoms with Crippen LogP contribution in [0, 0.1) is 0 Å². The van der Waals surface area contributed by atoms with Crippen LogP contribution in [-0.4, -0.2) is 37.1 Å². The first-order valence-electron chi connectivity index (χ1n) is 5.02. The Balaban J connectivity index is 2.40. The summed E-state index contributed by atoms with van der Waals surface area (Å²) < 4.78 is 25.4. The van der Waals surface area contributed by atoms with E-state index in [0.29, 0.717) is 5.69 Å². The molecule has 7 nitrogen and oxygen atoms in total. The number of hydrogen-bond donors (Lipinski definition) is 2. The van der Waals surface area contributed by atoms with E-state index >= 15 is 0 Å². The van der Waals surface area contributed by atoms with Crippen LogP contribution in [0.2, 0.25) is 0 Å². The van der Waals surface area contributed by atoms with Gasteiger partial charge >= 0.3 is 0 Å². The molecule has 0 spiro atoms. The number of nitrogens with zero attached hydrogens (tertiary/aromatic N) is 1. The molecule has 18 heavy (non-hydrogen) atoms. The van der Waals surface area contributed by atoms with Crippen LogP contribution in [0.25, 0.3) is 0 Å². The summed E-state index contributed by atoms with van der Waals surface area (Å²) in [6, 6.07) is 0.389. The molecule has 1 aliphatic rings. The summed E-state index contributed by atoms with van der Waals surface area (Å²) in [6.45, 7) is 1.06. The van der Waals surface area contributed by atoms with Crippen molar-refractivity contribution in [3.63, 3.8) is 0 Å². The summed E-state index contributed by atoms with van der Waals surface area (Å²) >= 11 is 0.957. The van der Waals surface area contributed by atoms with E-state index in [2.05, 4.69) is 5.32 Å². The molecule has 9 heteroatoms. The summed E-state index contributed by atoms with van der Waals surface area (Å²) in [6.07, 6.45) is 0. The minimum atomic E-state index is -3.87. The molecule has 2 amide bonds. The molecule has 1 aromatic rings. The van der Waals surface area contributed by atoms with Crippen molar-refractivity contribution < 1.29 is 18.0 Å². The Morgan fingerprint density at radius 3 is 2.72 bits per heavy atom. The quantitative estimate of drug-likeness (QED) is 0.704. The van der Waals surface area contributed by atoms with Gasteiger partial charge in [0.05, 0.1) is 6.54 Å². The Hall–Kier alpha value is -1.45. The third kappa shape index (κ3) is 2.11. The van der Waals surface area contributed by atoms with E-state index in [1.807, 2.05) is 0 Å². The van der Waals surface area contributed by atoms with Crippen LogP contribution in [0.3, 0.4) is 0 Å². The van der Waals surface area contributed by atoms with E-state index in [0.717, 1.165) is 15.6 Å². The van der Waals surface area contributed by atoms with Crippen LogP contribution < -0.4 is 11.1 Å². The monoisotopic (exact) mass is 289 g/mol. The zero-order valence-electron chi connectivity index (χ0n) is 9.41. The largest absolute Gasteiger partial charge is 0.398 e. The smallest absolute Gasteiger partial charge is 0.253 e. The molecule has 1 atom stereocenters. The van der Waals surface area contributed by atoms with Gasteiger partial charge in [0, 0.05) is 11.1 Å². The number of piperazine rings is 1. The number of rotatable bonds is 2. The van der Waals surface area contributed by atoms with Gasteiger partial charge < -0.3 is 5.73 Å². The van der Waals surface area contributed by atoms with Crippen LogP contribution in [0.15, 0.2) is 15.7 Å². The Labute approximate surface area is 108 Å². The maximum Gasteiger partial charge on any atom is 0.253 e. The van der Waals surface area contributed by atoms with E-state index in [9.17, 15) is 18.0 Å². The number of carbonyl (C=O) groups is 2. The molecule has 0 aliphatic carbocycles. The molecule has 1 aliphatic heterocycles. The lowest BCUT2D eigenvalue weighted by atomic mass is 10.2. The third-order valence-electron chi connectivity index (χ3n) is 2.53. The summed E-state index contributed by atoms with van der Waals surface area (Å²) in [5.74, 6) is -1.26. The standard InChI is InChI=1S/C9H11N3O4S2/c1-5-9(14)11-7(13)3-12(5)18(15,16)8-2-6(10)4-17-8/h2,4-5H,3,10H2,1H3,(H,11,13,14). The van der Waals surface area contributed by atoms with Crippen molar-refractivity contribution >= 4 is 38.9 Å². The number of thiophene rings is 1. The highest BCUT2D eigenvalue weighted by molar-refractivity contribution is 7.91. The minimum Gasteiger partial charge on any atom is -0.398 e. The predicted molar refractivity (Wildman–Crippen MR) is 65.2 cm³/mol. The van der Waals surface area contributed by atoms with Crippen molar-refractivity contribution in [2.45, 2.75) is 17.2 Å². The maximum atomic E-state index is 12.3. The van der Waals surface area contributed by atoms with E-state index in [1.54, 1.807) is 0 Å². The number of carbonyl (C=O) groups excluding carboxylic acids is 2. The zero-order chi connectivity index (χ0) is 13.5. The highest BCUT2D eigenvalue weighted by Crippen LogP contribution is 2.27. The van der Waals surface area contributed by atoms with Gasteiger partial charge in [-0.05, 0) is 13.0 Å². The van der Waals surface area contributed by atoms with Crippen molar-refractivity contribution in [3.05, 3.63) is 11.4 Å². The van der Waals surface area contributed by atoms with E-state index in [4.69, 9.17) is 5.73 Å². The van der Waals surface area contributed by atoms with Crippen molar-refractivity contribution in [1.29, 1.82) is 0 Å². The molecular weight excluding hydrogens is 278 g/mol. The molecule has 1 unspecified atom stereocenters. The first kappa shape index (κ1) is 13.0. The van der Waals surface area contributed by atoms with Gasteiger partial charge in [0.2, 0.25) is 11.8 Å². The number of nitrogen functional groups attached to an aromatic ring is 1. The fraction of sp³-hybridized carbons (Fsp3) is 0.333. The van der Waals surface area contributed by atoms with Crippen LogP contribution in [0.4, 0.5) is 5.69 Å². The number of anilines is 1. The van der Waals surface area contributed by atoms with Gasteiger partial charge in [-0.15, -0.1) is 11.3 Å². The lowest BCUT2D eigenvalue weighted by molar-refractivity contribution is -0.136. The lowest BCUT2D eigenvalue weighted by Crippen LogP contribution is -2.58. The van der Waals surface area contributed by atoms with Crippen LogP contribution >= 0.6 is 11.3 Å². The number of nitrogens with two attached hydrogens (primary N) is 1. The van der Waals surface area contributed by atoms with Gasteiger partial charge in [-0.25, -0.2) is 8.42 Å². The molecule has 2 heterocycles. The lowest BCUT2D eigenvalue weighted by Gasteiger charge is -2.30. The van der Waals surface area contributed by atoms with Gasteiger partial charge in [0.15, 0.2) is 0 Å². The van der Waals surface area contributed by atoms with Gasteiger partial charge in [0.1, 0.15) is 10.3 Å². The van der Waals surface area contributed by atoms with Gasteiger partial charge in [0.25, 0.3) is 10.0 Å². The average Bonchev–Trinajstić information content (AvgIpc) is 2.70. The molecule has 98 valence electrons. The Kier molecular flexibility index (Phi) is 3.13. The molecule has 0 bridgehead atoms. The third-order valence-corrected chi connectivity index (χ3v) is 5.88. The molecule has 0 radical (unpaired) electrons. The first-order valence-corrected chi connectivity index (χ1v) is 7.34. The SMILES string of the molecule is CC1C(=O)NC(=O)CN1S(=O)(=O)c1cc(N)cs1. The molecule has 0 aromatic carbocycles. The molecule has 1 aromatic heterocycles. The normalized spacial score (nSPS) is 21.9. The van der Waals surface area contributed by atoms with Crippen molar-refractivity contribution in [2.24, 2.45) is 0 Å². The first-order chi connectivity index (χ1) is 8.32. The maximum absolute atomic E-state index is 12.3. The van der Waals surface area contributed by atoms with E-state index < -0.39 is 27.9 Å². The van der Waals surface area contributed by atoms with E-state index in [1.165, 1.54) is 18.4 Å². The van der Waals surface area contributed by atoms with Crippen LogP contribution in [0.1, 0.15) is 6.92 Å². The summed E-state index contributed by atoms with van der Waals surface area (Å²) in [5, 5.41) is 3.57. The van der Waals surface area contributed by atoms with Gasteiger partial charge in [-0.1, -0.05) is 0 Å². The highest BCUT2D eigenvalue weighted by atomic mass is 32.2. The minimum absolute atomic E-state index is 0.0225. The molecule has 3 N–H and O–H groups in total. The highest BCUT2D eigenvalue weighted by Gasteiger charge is 2.39. The van der Waals surface area contributed by atoms with Crippen molar-refractivity contribution in [1.82, 2.24) is 9.62 Å².